The van der Waals surface area contributed by atoms with Crippen LogP contribution < -0.4 is 21.3 Å². The van der Waals surface area contributed by atoms with Gasteiger partial charge in [0.25, 0.3) is 11.1 Å². The average molecular weight is 386 g/mol. The standard InChI is InChI=1S/C19H26N6O3/c1-12-6-8-24(9-7-12)19-21-15(10-16(26)22-19)14(3)20-17(27)11-25-18(28)5-4-13(2)23-25/h4-5,10,12,14H,6-9,11H2,1-3H3,(H,20,27)(H,21,22,26). The van der Waals surface area contributed by atoms with Crippen molar-refractivity contribution in [3.63, 3.8) is 0 Å². The molecule has 3 heterocycles. The van der Waals surface area contributed by atoms with E-state index in [1.54, 1.807) is 19.9 Å². The summed E-state index contributed by atoms with van der Waals surface area (Å²) in [4.78, 5) is 45.6. The molecule has 1 fully saturated rings. The molecule has 3 rings (SSSR count). The van der Waals surface area contributed by atoms with Gasteiger partial charge in [-0.15, -0.1) is 0 Å². The number of carbonyl (C=O) groups is 1. The molecule has 0 spiro atoms. The number of aromatic amines is 1. The van der Waals surface area contributed by atoms with E-state index in [0.29, 0.717) is 23.3 Å². The Morgan fingerprint density at radius 3 is 2.75 bits per heavy atom. The highest BCUT2D eigenvalue weighted by atomic mass is 16.2. The zero-order valence-electron chi connectivity index (χ0n) is 16.4. The molecule has 0 radical (unpaired) electrons. The number of nitrogens with zero attached hydrogens (tertiary/aromatic N) is 4. The number of carbonyl (C=O) groups excluding carboxylic acids is 1. The summed E-state index contributed by atoms with van der Waals surface area (Å²) < 4.78 is 1.11. The first kappa shape index (κ1) is 19.8. The third-order valence-electron chi connectivity index (χ3n) is 4.95. The molecule has 1 amide bonds. The Kier molecular flexibility index (Phi) is 5.91. The molecule has 0 saturated carbocycles. The van der Waals surface area contributed by atoms with Gasteiger partial charge < -0.3 is 10.2 Å². The van der Waals surface area contributed by atoms with Crippen molar-refractivity contribution in [2.45, 2.75) is 46.2 Å². The van der Waals surface area contributed by atoms with Crippen LogP contribution in [0.3, 0.4) is 0 Å². The van der Waals surface area contributed by atoms with Crippen LogP contribution in [0.5, 0.6) is 0 Å². The molecule has 1 aliphatic rings. The Morgan fingerprint density at radius 1 is 1.32 bits per heavy atom. The fourth-order valence-electron chi connectivity index (χ4n) is 3.22. The number of aryl methyl sites for hydroxylation is 1. The van der Waals surface area contributed by atoms with Crippen LogP contribution >= 0.6 is 0 Å². The van der Waals surface area contributed by atoms with Gasteiger partial charge in [-0.2, -0.15) is 5.10 Å². The van der Waals surface area contributed by atoms with E-state index in [9.17, 15) is 14.4 Å². The number of rotatable bonds is 5. The Hall–Kier alpha value is -2.97. The first-order valence-electron chi connectivity index (χ1n) is 9.52. The second kappa shape index (κ2) is 8.37. The van der Waals surface area contributed by atoms with E-state index in [1.165, 1.54) is 12.1 Å². The van der Waals surface area contributed by atoms with Crippen molar-refractivity contribution >= 4 is 11.9 Å². The largest absolute Gasteiger partial charge is 0.346 e. The maximum atomic E-state index is 12.3. The minimum Gasteiger partial charge on any atom is -0.346 e. The summed E-state index contributed by atoms with van der Waals surface area (Å²) in [7, 11) is 0. The lowest BCUT2D eigenvalue weighted by Crippen LogP contribution is -2.37. The Balaban J connectivity index is 1.70. The van der Waals surface area contributed by atoms with Crippen LogP contribution in [0.4, 0.5) is 5.95 Å². The minimum absolute atomic E-state index is 0.190. The van der Waals surface area contributed by atoms with E-state index < -0.39 is 6.04 Å². The molecule has 2 N–H and O–H groups in total. The van der Waals surface area contributed by atoms with Gasteiger partial charge in [0, 0.05) is 25.2 Å². The minimum atomic E-state index is -0.474. The topological polar surface area (TPSA) is 113 Å². The Morgan fingerprint density at radius 2 is 2.04 bits per heavy atom. The van der Waals surface area contributed by atoms with Gasteiger partial charge in [-0.05, 0) is 38.7 Å². The molecule has 0 aliphatic carbocycles. The smallest absolute Gasteiger partial charge is 0.267 e. The number of amides is 1. The Bertz CT molecular complexity index is 959. The number of aromatic nitrogens is 4. The molecule has 150 valence electrons. The van der Waals surface area contributed by atoms with Gasteiger partial charge in [0.15, 0.2) is 0 Å². The SMILES string of the molecule is Cc1ccc(=O)n(CC(=O)NC(C)c2cc(=O)[nH]c(N3CCC(C)CC3)n2)n1. The van der Waals surface area contributed by atoms with Crippen LogP contribution in [0.25, 0.3) is 0 Å². The molecule has 28 heavy (non-hydrogen) atoms. The fraction of sp³-hybridized carbons (Fsp3) is 0.526. The van der Waals surface area contributed by atoms with Gasteiger partial charge >= 0.3 is 0 Å². The summed E-state index contributed by atoms with van der Waals surface area (Å²) in [6.07, 6.45) is 2.11. The molecule has 0 bridgehead atoms. The summed E-state index contributed by atoms with van der Waals surface area (Å²) in [5.41, 5.74) is 0.535. The molecule has 1 unspecified atom stereocenters. The van der Waals surface area contributed by atoms with Crippen molar-refractivity contribution < 1.29 is 4.79 Å². The van der Waals surface area contributed by atoms with Crippen LogP contribution in [-0.2, 0) is 11.3 Å². The average Bonchev–Trinajstić information content (AvgIpc) is 2.64. The van der Waals surface area contributed by atoms with Crippen molar-refractivity contribution in [2.75, 3.05) is 18.0 Å². The predicted octanol–water partition coefficient (Wildman–Crippen LogP) is 0.749. The molecule has 1 saturated heterocycles. The summed E-state index contributed by atoms with van der Waals surface area (Å²) in [5.74, 6) is 0.832. The normalized spacial score (nSPS) is 16.0. The number of nitrogens with one attached hydrogen (secondary N) is 2. The number of hydrogen-bond donors (Lipinski definition) is 2. The summed E-state index contributed by atoms with van der Waals surface area (Å²) >= 11 is 0. The van der Waals surface area contributed by atoms with Crippen LogP contribution in [0.2, 0.25) is 0 Å². The van der Waals surface area contributed by atoms with E-state index in [-0.39, 0.29) is 23.6 Å². The van der Waals surface area contributed by atoms with Gasteiger partial charge in [-0.1, -0.05) is 6.92 Å². The van der Waals surface area contributed by atoms with E-state index in [0.717, 1.165) is 30.6 Å². The van der Waals surface area contributed by atoms with Gasteiger partial charge in [-0.25, -0.2) is 9.67 Å². The molecule has 0 aromatic carbocycles. The van der Waals surface area contributed by atoms with Gasteiger partial charge in [-0.3, -0.25) is 19.4 Å². The third-order valence-corrected chi connectivity index (χ3v) is 4.95. The van der Waals surface area contributed by atoms with Gasteiger partial charge in [0.1, 0.15) is 6.54 Å². The van der Waals surface area contributed by atoms with Crippen LogP contribution in [0, 0.1) is 12.8 Å². The predicted molar refractivity (Wildman–Crippen MR) is 105 cm³/mol. The molecular formula is C19H26N6O3. The molecule has 1 aliphatic heterocycles. The third kappa shape index (κ3) is 4.85. The number of H-pyrrole nitrogens is 1. The summed E-state index contributed by atoms with van der Waals surface area (Å²) in [6.45, 7) is 7.22. The van der Waals surface area contributed by atoms with E-state index in [1.807, 2.05) is 0 Å². The second-order valence-corrected chi connectivity index (χ2v) is 7.42. The summed E-state index contributed by atoms with van der Waals surface area (Å²) in [5, 5.41) is 6.84. The molecule has 2 aromatic rings. The second-order valence-electron chi connectivity index (χ2n) is 7.42. The van der Waals surface area contributed by atoms with Crippen molar-refractivity contribution in [3.8, 4) is 0 Å². The van der Waals surface area contributed by atoms with E-state index in [2.05, 4.69) is 32.2 Å². The highest BCUT2D eigenvalue weighted by molar-refractivity contribution is 5.76. The first-order chi connectivity index (χ1) is 13.3. The van der Waals surface area contributed by atoms with E-state index in [4.69, 9.17) is 0 Å². The highest BCUT2D eigenvalue weighted by Crippen LogP contribution is 2.20. The molecule has 2 aromatic heterocycles. The van der Waals surface area contributed by atoms with E-state index >= 15 is 0 Å². The zero-order valence-corrected chi connectivity index (χ0v) is 16.4. The fourth-order valence-corrected chi connectivity index (χ4v) is 3.22. The van der Waals surface area contributed by atoms with Crippen molar-refractivity contribution in [1.82, 2.24) is 25.1 Å². The molecule has 9 nitrogen and oxygen atoms in total. The lowest BCUT2D eigenvalue weighted by atomic mass is 10.00. The van der Waals surface area contributed by atoms with Crippen molar-refractivity contribution in [3.05, 3.63) is 50.3 Å². The summed E-state index contributed by atoms with van der Waals surface area (Å²) in [6, 6.07) is 3.89. The number of piperidine rings is 1. The van der Waals surface area contributed by atoms with Crippen LogP contribution in [-0.4, -0.2) is 38.7 Å². The maximum Gasteiger partial charge on any atom is 0.267 e. The van der Waals surface area contributed by atoms with Gasteiger partial charge in [0.2, 0.25) is 11.9 Å². The molecule has 1 atom stereocenters. The Labute approximate surface area is 162 Å². The van der Waals surface area contributed by atoms with Gasteiger partial charge in [0.05, 0.1) is 17.4 Å². The highest BCUT2D eigenvalue weighted by Gasteiger charge is 2.20. The van der Waals surface area contributed by atoms with Crippen molar-refractivity contribution in [2.24, 2.45) is 5.92 Å². The molecular weight excluding hydrogens is 360 g/mol. The monoisotopic (exact) mass is 386 g/mol. The maximum absolute atomic E-state index is 12.3. The lowest BCUT2D eigenvalue weighted by Gasteiger charge is -2.31. The first-order valence-corrected chi connectivity index (χ1v) is 9.52. The lowest BCUT2D eigenvalue weighted by molar-refractivity contribution is -0.122. The number of anilines is 1. The number of hydrogen-bond acceptors (Lipinski definition) is 6. The van der Waals surface area contributed by atoms with Crippen molar-refractivity contribution in [1.29, 1.82) is 0 Å². The zero-order chi connectivity index (χ0) is 20.3. The molecule has 9 heteroatoms. The quantitative estimate of drug-likeness (QED) is 0.784. The van der Waals surface area contributed by atoms with Crippen LogP contribution in [0.15, 0.2) is 27.8 Å². The van der Waals surface area contributed by atoms with Crippen LogP contribution in [0.1, 0.15) is 44.1 Å².